The zero-order valence-electron chi connectivity index (χ0n) is 31.7. The molecule has 3 amide bonds. The van der Waals surface area contributed by atoms with E-state index in [0.717, 1.165) is 11.1 Å². The molecule has 0 saturated carbocycles. The van der Waals surface area contributed by atoms with Crippen LogP contribution in [0.5, 0.6) is 11.5 Å². The lowest BCUT2D eigenvalue weighted by Gasteiger charge is -2.32. The molecule has 286 valence electrons. The van der Waals surface area contributed by atoms with Gasteiger partial charge in [0.25, 0.3) is 11.8 Å². The van der Waals surface area contributed by atoms with Crippen LogP contribution in [0.1, 0.15) is 40.4 Å². The monoisotopic (exact) mass is 767 g/mol. The average Bonchev–Trinajstić information content (AvgIpc) is 3.56. The number of carbonyl (C=O) groups is 3. The molecule has 3 aliphatic rings. The van der Waals surface area contributed by atoms with Gasteiger partial charge in [-0.15, -0.1) is 0 Å². The summed E-state index contributed by atoms with van der Waals surface area (Å²) in [6, 6.07) is 39.4. The van der Waals surface area contributed by atoms with E-state index in [0.29, 0.717) is 46.2 Å². The van der Waals surface area contributed by atoms with E-state index in [2.05, 4.69) is 0 Å². The smallest absolute Gasteiger partial charge is 0.266 e. The second kappa shape index (κ2) is 14.8. The summed E-state index contributed by atoms with van der Waals surface area (Å²) in [7, 11) is -3.04. The van der Waals surface area contributed by atoms with Gasteiger partial charge in [-0.1, -0.05) is 91.9 Å². The van der Waals surface area contributed by atoms with Gasteiger partial charge in [0.05, 0.1) is 42.6 Å². The van der Waals surface area contributed by atoms with Crippen molar-refractivity contribution in [3.63, 3.8) is 0 Å². The number of nitrogens with zero attached hydrogens (tertiary/aromatic N) is 3. The van der Waals surface area contributed by atoms with Gasteiger partial charge in [-0.3, -0.25) is 19.3 Å². The average molecular weight is 768 g/mol. The molecule has 3 aliphatic heterocycles. The third-order valence-electron chi connectivity index (χ3n) is 11.4. The molecule has 10 nitrogen and oxygen atoms in total. The highest BCUT2D eigenvalue weighted by atomic mass is 28.4. The number of carbonyl (C=O) groups excluding carboxylic acids is 3. The minimum Gasteiger partial charge on any atom is -0.454 e. The quantitative estimate of drug-likeness (QED) is 0.141. The maximum Gasteiger partial charge on any atom is 0.266 e. The molecule has 2 N–H and O–H groups in total. The molecule has 56 heavy (non-hydrogen) atoms. The fourth-order valence-corrected chi connectivity index (χ4v) is 11.5. The van der Waals surface area contributed by atoms with E-state index in [1.54, 1.807) is 26.8 Å². The van der Waals surface area contributed by atoms with Crippen LogP contribution in [0.15, 0.2) is 127 Å². The Labute approximate surface area is 327 Å². The van der Waals surface area contributed by atoms with Crippen LogP contribution in [0, 0.1) is 5.92 Å². The summed E-state index contributed by atoms with van der Waals surface area (Å²) in [5.41, 5.74) is 2.90. The third-order valence-corrected chi connectivity index (χ3v) is 13.9. The van der Waals surface area contributed by atoms with E-state index >= 15 is 4.79 Å². The van der Waals surface area contributed by atoms with Crippen LogP contribution in [0.4, 0.5) is 17.1 Å². The number of para-hydroxylation sites is 4. The highest BCUT2D eigenvalue weighted by Gasteiger charge is 2.66. The van der Waals surface area contributed by atoms with E-state index in [4.69, 9.17) is 9.47 Å². The summed E-state index contributed by atoms with van der Waals surface area (Å²) in [5.74, 6) is -0.143. The van der Waals surface area contributed by atoms with Gasteiger partial charge in [-0.25, -0.2) is 0 Å². The van der Waals surface area contributed by atoms with Crippen molar-refractivity contribution in [1.82, 2.24) is 4.90 Å². The van der Waals surface area contributed by atoms with Gasteiger partial charge in [0.1, 0.15) is 5.75 Å². The lowest BCUT2D eigenvalue weighted by molar-refractivity contribution is -0.150. The molecule has 1 spiro atoms. The topological polar surface area (TPSA) is 120 Å². The summed E-state index contributed by atoms with van der Waals surface area (Å²) in [4.78, 5) is 60.0. The standard InChI is InChI=1S/C45H45N3O7Si/c1-30-42(56(2,3)53)40(27-41(50)46(24-25-49)28-31-14-5-4-6-15-31)55-45(30)35-19-8-9-20-36(35)47(44(45)52)29-32-16-13-17-33(26-32)48-37-21-10-12-23-39(37)54-38-22-11-7-18-34(38)43(48)51/h4-23,26,30,40,42,49,53H,24-25,27-29H2,1-3H3/t30-,40+,42-,45+/m1/s1. The van der Waals surface area contributed by atoms with Crippen LogP contribution in [0.3, 0.4) is 0 Å². The molecule has 5 aromatic rings. The SMILES string of the molecule is C[C@@H]1[C@@H]([Si](C)(C)O)[C@H](CC(=O)N(CCO)Cc2ccccc2)O[C@@]12C(=O)N(Cc1cccc(N3C(=O)c4ccccc4Oc4ccccc43)c1)c1ccccc12. The molecule has 5 aromatic carbocycles. The summed E-state index contributed by atoms with van der Waals surface area (Å²) >= 11 is 0. The van der Waals surface area contributed by atoms with Crippen LogP contribution >= 0.6 is 0 Å². The van der Waals surface area contributed by atoms with Gasteiger partial charge < -0.3 is 29.2 Å². The van der Waals surface area contributed by atoms with Gasteiger partial charge in [-0.05, 0) is 66.7 Å². The first kappa shape index (κ1) is 37.3. The Kier molecular flexibility index (Phi) is 9.88. The molecule has 1 fully saturated rings. The molecule has 1 saturated heterocycles. The maximum atomic E-state index is 15.1. The highest BCUT2D eigenvalue weighted by molar-refractivity contribution is 6.71. The van der Waals surface area contributed by atoms with Gasteiger partial charge in [0.2, 0.25) is 5.91 Å². The zero-order valence-corrected chi connectivity index (χ0v) is 32.7. The van der Waals surface area contributed by atoms with Crippen molar-refractivity contribution in [3.05, 3.63) is 150 Å². The van der Waals surface area contributed by atoms with E-state index in [9.17, 15) is 19.5 Å². The molecule has 0 radical (unpaired) electrons. The van der Waals surface area contributed by atoms with Gasteiger partial charge in [-0.2, -0.15) is 0 Å². The Morgan fingerprint density at radius 3 is 2.23 bits per heavy atom. The second-order valence-electron chi connectivity index (χ2n) is 15.4. The van der Waals surface area contributed by atoms with Gasteiger partial charge >= 0.3 is 0 Å². The number of ether oxygens (including phenoxy) is 2. The molecular formula is C45H45N3O7Si. The summed E-state index contributed by atoms with van der Waals surface area (Å²) < 4.78 is 13.2. The fourth-order valence-electron chi connectivity index (χ4n) is 8.95. The number of benzene rings is 5. The Bertz CT molecular complexity index is 2300. The number of amides is 3. The number of rotatable bonds is 10. The number of aliphatic hydroxyl groups excluding tert-OH is 1. The van der Waals surface area contributed by atoms with Crippen molar-refractivity contribution in [1.29, 1.82) is 0 Å². The van der Waals surface area contributed by atoms with Crippen LogP contribution in [0.25, 0.3) is 0 Å². The van der Waals surface area contributed by atoms with Crippen LogP contribution in [-0.4, -0.2) is 60.1 Å². The number of fused-ring (bicyclic) bond motifs is 4. The highest BCUT2D eigenvalue weighted by Crippen LogP contribution is 2.60. The van der Waals surface area contributed by atoms with Crippen molar-refractivity contribution in [3.8, 4) is 11.5 Å². The lowest BCUT2D eigenvalue weighted by Crippen LogP contribution is -2.46. The van der Waals surface area contributed by atoms with E-state index in [-0.39, 0.29) is 43.8 Å². The molecule has 0 aliphatic carbocycles. The van der Waals surface area contributed by atoms with Crippen molar-refractivity contribution < 1.29 is 33.8 Å². The van der Waals surface area contributed by atoms with Crippen molar-refractivity contribution in [2.75, 3.05) is 23.0 Å². The maximum absolute atomic E-state index is 15.1. The minimum absolute atomic E-state index is 0.0454. The number of hydrogen-bond donors (Lipinski definition) is 2. The predicted octanol–water partition coefficient (Wildman–Crippen LogP) is 7.53. The molecule has 3 heterocycles. The fraction of sp³-hybridized carbons (Fsp3) is 0.267. The molecule has 8 rings (SSSR count). The molecule has 11 heteroatoms. The van der Waals surface area contributed by atoms with Gasteiger partial charge in [0, 0.05) is 35.8 Å². The first-order valence-corrected chi connectivity index (χ1v) is 22.1. The first-order chi connectivity index (χ1) is 27.0. The van der Waals surface area contributed by atoms with Crippen LogP contribution < -0.4 is 14.5 Å². The van der Waals surface area contributed by atoms with Gasteiger partial charge in [0.15, 0.2) is 19.7 Å². The third kappa shape index (κ3) is 6.50. The van der Waals surface area contributed by atoms with Crippen LogP contribution in [0.2, 0.25) is 18.6 Å². The minimum atomic E-state index is -3.04. The lowest BCUT2D eigenvalue weighted by atomic mass is 9.82. The molecule has 0 unspecified atom stereocenters. The van der Waals surface area contributed by atoms with E-state index < -0.39 is 31.5 Å². The molecule has 0 aromatic heterocycles. The Balaban J connectivity index is 1.12. The Morgan fingerprint density at radius 2 is 1.48 bits per heavy atom. The van der Waals surface area contributed by atoms with Crippen molar-refractivity contribution >= 4 is 43.1 Å². The predicted molar refractivity (Wildman–Crippen MR) is 216 cm³/mol. The number of aliphatic hydroxyl groups is 1. The number of hydrogen-bond acceptors (Lipinski definition) is 7. The normalized spacial score (nSPS) is 21.3. The largest absolute Gasteiger partial charge is 0.454 e. The zero-order chi connectivity index (χ0) is 39.2. The summed E-state index contributed by atoms with van der Waals surface area (Å²) in [5, 5.41) is 9.88. The summed E-state index contributed by atoms with van der Waals surface area (Å²) in [6.07, 6.45) is -0.781. The van der Waals surface area contributed by atoms with Crippen molar-refractivity contribution in [2.24, 2.45) is 5.92 Å². The van der Waals surface area contributed by atoms with E-state index in [1.165, 1.54) is 0 Å². The Hall–Kier alpha value is -5.59. The molecule has 4 atom stereocenters. The number of anilines is 3. The van der Waals surface area contributed by atoms with Crippen molar-refractivity contribution in [2.45, 2.75) is 56.8 Å². The Morgan fingerprint density at radius 1 is 0.821 bits per heavy atom. The van der Waals surface area contributed by atoms with E-state index in [1.807, 2.05) is 135 Å². The summed E-state index contributed by atoms with van der Waals surface area (Å²) in [6.45, 7) is 6.09. The van der Waals surface area contributed by atoms with Crippen LogP contribution in [-0.2, 0) is 33.0 Å². The first-order valence-electron chi connectivity index (χ1n) is 19.0. The molecule has 0 bridgehead atoms. The molecular weight excluding hydrogens is 723 g/mol. The second-order valence-corrected chi connectivity index (χ2v) is 19.3.